The van der Waals surface area contributed by atoms with Gasteiger partial charge in [0.15, 0.2) is 6.10 Å². The van der Waals surface area contributed by atoms with E-state index in [9.17, 15) is 14.4 Å². The van der Waals surface area contributed by atoms with Crippen molar-refractivity contribution in [3.63, 3.8) is 0 Å². The van der Waals surface area contributed by atoms with Gasteiger partial charge < -0.3 is 19.9 Å². The van der Waals surface area contributed by atoms with Gasteiger partial charge in [-0.05, 0) is 42.7 Å². The number of halogens is 1. The molecule has 0 aliphatic carbocycles. The third kappa shape index (κ3) is 4.97. The number of hydrogen-bond acceptors (Lipinski definition) is 6. The van der Waals surface area contributed by atoms with Crippen LogP contribution < -0.4 is 19.9 Å². The number of esters is 1. The molecule has 178 valence electrons. The van der Waals surface area contributed by atoms with E-state index >= 15 is 0 Å². The molecule has 1 aliphatic heterocycles. The Bertz CT molecular complexity index is 1330. The summed E-state index contributed by atoms with van der Waals surface area (Å²) in [5, 5.41) is 9.63. The highest BCUT2D eigenvalue weighted by Gasteiger charge is 2.32. The molecular formula is C28H25FN2O4. The molecule has 6 nitrogen and oxygen atoms in total. The van der Waals surface area contributed by atoms with Crippen molar-refractivity contribution >= 4 is 5.97 Å². The predicted octanol–water partition coefficient (Wildman–Crippen LogP) is 5.54. The van der Waals surface area contributed by atoms with Gasteiger partial charge >= 0.3 is 5.97 Å². The zero-order valence-electron chi connectivity index (χ0n) is 19.6. The summed E-state index contributed by atoms with van der Waals surface area (Å²) in [5.41, 5.74) is 8.10. The van der Waals surface area contributed by atoms with Gasteiger partial charge in [0, 0.05) is 17.2 Å². The quantitative estimate of drug-likeness (QED) is 0.374. The molecule has 4 rings (SSSR count). The van der Waals surface area contributed by atoms with E-state index in [2.05, 4.69) is 13.8 Å². The standard InChI is InChI=1S/C28H25FN2O4/c1-16(2)18-8-10-19(11-9-18)33-17(3)28(32)34-20-12-13-22-25(14-20)35-27(31)23(15-30)26(22)21-6-4-5-7-24(21)29/h4-14,16-17,26H,31H2,1-3H3. The Kier molecular flexibility index (Phi) is 6.74. The highest BCUT2D eigenvalue weighted by atomic mass is 19.1. The fourth-order valence-corrected chi connectivity index (χ4v) is 3.91. The van der Waals surface area contributed by atoms with Crippen molar-refractivity contribution in [1.82, 2.24) is 0 Å². The lowest BCUT2D eigenvalue weighted by Crippen LogP contribution is -2.28. The average molecular weight is 473 g/mol. The maximum absolute atomic E-state index is 14.6. The second kappa shape index (κ2) is 9.90. The van der Waals surface area contributed by atoms with E-state index in [4.69, 9.17) is 19.9 Å². The number of hydrogen-bond donors (Lipinski definition) is 1. The van der Waals surface area contributed by atoms with Gasteiger partial charge in [0.2, 0.25) is 5.88 Å². The van der Waals surface area contributed by atoms with E-state index in [0.717, 1.165) is 0 Å². The van der Waals surface area contributed by atoms with Gasteiger partial charge in [0.1, 0.15) is 34.7 Å². The Morgan fingerprint density at radius 3 is 2.37 bits per heavy atom. The van der Waals surface area contributed by atoms with Gasteiger partial charge in [-0.2, -0.15) is 5.26 Å². The molecule has 0 saturated heterocycles. The number of fused-ring (bicyclic) bond motifs is 1. The normalized spacial score (nSPS) is 15.6. The molecule has 35 heavy (non-hydrogen) atoms. The minimum Gasteiger partial charge on any atom is -0.479 e. The number of carbonyl (C=O) groups is 1. The van der Waals surface area contributed by atoms with Crippen LogP contribution in [0.1, 0.15) is 49.3 Å². The fourth-order valence-electron chi connectivity index (χ4n) is 3.91. The topological polar surface area (TPSA) is 94.6 Å². The summed E-state index contributed by atoms with van der Waals surface area (Å²) in [6.45, 7) is 5.80. The van der Waals surface area contributed by atoms with Crippen molar-refractivity contribution in [2.24, 2.45) is 5.73 Å². The lowest BCUT2D eigenvalue weighted by atomic mass is 9.83. The van der Waals surface area contributed by atoms with Crippen LogP contribution >= 0.6 is 0 Å². The first-order valence-corrected chi connectivity index (χ1v) is 11.2. The Morgan fingerprint density at radius 2 is 1.71 bits per heavy atom. The Labute approximate surface area is 203 Å². The minimum absolute atomic E-state index is 0.109. The molecule has 2 atom stereocenters. The van der Waals surface area contributed by atoms with Gasteiger partial charge in [-0.3, -0.25) is 0 Å². The molecular weight excluding hydrogens is 447 g/mol. The zero-order chi connectivity index (χ0) is 25.1. The SMILES string of the molecule is CC(Oc1ccc(C(C)C)cc1)C(=O)Oc1ccc2c(c1)OC(N)=C(C#N)C2c1ccccc1F. The molecule has 2 unspecified atom stereocenters. The summed E-state index contributed by atoms with van der Waals surface area (Å²) in [4.78, 5) is 12.6. The second-order valence-corrected chi connectivity index (χ2v) is 8.55. The van der Waals surface area contributed by atoms with Crippen LogP contribution in [0.25, 0.3) is 0 Å². The number of nitrogens with zero attached hydrogens (tertiary/aromatic N) is 1. The van der Waals surface area contributed by atoms with E-state index in [-0.39, 0.29) is 23.0 Å². The largest absolute Gasteiger partial charge is 0.479 e. The zero-order valence-corrected chi connectivity index (χ0v) is 19.6. The Morgan fingerprint density at radius 1 is 1.03 bits per heavy atom. The van der Waals surface area contributed by atoms with Crippen molar-refractivity contribution in [1.29, 1.82) is 5.26 Å². The van der Waals surface area contributed by atoms with E-state index in [1.165, 1.54) is 17.7 Å². The first-order valence-electron chi connectivity index (χ1n) is 11.2. The molecule has 3 aromatic rings. The number of allylic oxidation sites excluding steroid dienone is 1. The fraction of sp³-hybridized carbons (Fsp3) is 0.214. The molecule has 0 aromatic heterocycles. The number of nitrogens with two attached hydrogens (primary N) is 1. The van der Waals surface area contributed by atoms with Crippen LogP contribution in [0.15, 0.2) is 78.2 Å². The Hall–Kier alpha value is -4.31. The summed E-state index contributed by atoms with van der Waals surface area (Å²) in [6.07, 6.45) is -0.863. The van der Waals surface area contributed by atoms with Crippen molar-refractivity contribution < 1.29 is 23.4 Å². The lowest BCUT2D eigenvalue weighted by molar-refractivity contribution is -0.141. The first kappa shape index (κ1) is 23.8. The number of ether oxygens (including phenoxy) is 3. The highest BCUT2D eigenvalue weighted by molar-refractivity contribution is 5.77. The van der Waals surface area contributed by atoms with Crippen LogP contribution in [0, 0.1) is 17.1 Å². The molecule has 7 heteroatoms. The van der Waals surface area contributed by atoms with E-state index in [1.807, 2.05) is 30.3 Å². The number of nitriles is 1. The van der Waals surface area contributed by atoms with Crippen LogP contribution in [0.5, 0.6) is 17.2 Å². The predicted molar refractivity (Wildman–Crippen MR) is 128 cm³/mol. The molecule has 0 spiro atoms. The smallest absolute Gasteiger partial charge is 0.352 e. The van der Waals surface area contributed by atoms with Crippen molar-refractivity contribution in [3.8, 4) is 23.3 Å². The monoisotopic (exact) mass is 472 g/mol. The van der Waals surface area contributed by atoms with Crippen LogP contribution in [-0.4, -0.2) is 12.1 Å². The molecule has 1 heterocycles. The van der Waals surface area contributed by atoms with E-state index in [1.54, 1.807) is 37.3 Å². The Balaban J connectivity index is 1.54. The summed E-state index contributed by atoms with van der Waals surface area (Å²) < 4.78 is 31.4. The molecule has 3 aromatic carbocycles. The second-order valence-electron chi connectivity index (χ2n) is 8.55. The van der Waals surface area contributed by atoms with Crippen LogP contribution in [0.4, 0.5) is 4.39 Å². The van der Waals surface area contributed by atoms with Gasteiger partial charge in [-0.25, -0.2) is 9.18 Å². The maximum atomic E-state index is 14.6. The molecule has 0 saturated carbocycles. The molecule has 0 amide bonds. The molecule has 1 aliphatic rings. The van der Waals surface area contributed by atoms with Gasteiger partial charge in [-0.1, -0.05) is 50.2 Å². The van der Waals surface area contributed by atoms with Crippen LogP contribution in [-0.2, 0) is 4.79 Å². The maximum Gasteiger partial charge on any atom is 0.352 e. The number of rotatable bonds is 6. The number of benzene rings is 3. The van der Waals surface area contributed by atoms with Crippen LogP contribution in [0.2, 0.25) is 0 Å². The summed E-state index contributed by atoms with van der Waals surface area (Å²) >= 11 is 0. The summed E-state index contributed by atoms with van der Waals surface area (Å²) in [7, 11) is 0. The first-order chi connectivity index (χ1) is 16.8. The lowest BCUT2D eigenvalue weighted by Gasteiger charge is -2.27. The molecule has 0 bridgehead atoms. The molecule has 0 radical (unpaired) electrons. The van der Waals surface area contributed by atoms with Crippen molar-refractivity contribution in [3.05, 3.63) is 101 Å². The highest BCUT2D eigenvalue weighted by Crippen LogP contribution is 2.44. The van der Waals surface area contributed by atoms with Crippen LogP contribution in [0.3, 0.4) is 0 Å². The van der Waals surface area contributed by atoms with Gasteiger partial charge in [0.05, 0.1) is 5.92 Å². The minimum atomic E-state index is -0.863. The third-order valence-corrected chi connectivity index (χ3v) is 5.82. The average Bonchev–Trinajstić information content (AvgIpc) is 2.84. The summed E-state index contributed by atoms with van der Waals surface area (Å²) in [6, 6.07) is 20.4. The van der Waals surface area contributed by atoms with Crippen molar-refractivity contribution in [2.45, 2.75) is 38.7 Å². The van der Waals surface area contributed by atoms with Gasteiger partial charge in [-0.15, -0.1) is 0 Å². The van der Waals surface area contributed by atoms with E-state index < -0.39 is 23.8 Å². The molecule has 2 N–H and O–H groups in total. The third-order valence-electron chi connectivity index (χ3n) is 5.82. The van der Waals surface area contributed by atoms with Crippen molar-refractivity contribution in [2.75, 3.05) is 0 Å². The summed E-state index contributed by atoms with van der Waals surface area (Å²) in [5.74, 6) is -0.498. The number of carbonyl (C=O) groups excluding carboxylic acids is 1. The molecule has 0 fully saturated rings. The van der Waals surface area contributed by atoms with Gasteiger partial charge in [0.25, 0.3) is 0 Å². The van der Waals surface area contributed by atoms with E-state index in [0.29, 0.717) is 22.8 Å².